The number of nitrogens with two attached hydrogens (primary N) is 1. The van der Waals surface area contributed by atoms with Crippen LogP contribution < -0.4 is 15.9 Å². The molecule has 1 heterocycles. The van der Waals surface area contributed by atoms with E-state index in [-0.39, 0.29) is 6.61 Å². The minimum absolute atomic E-state index is 0.256. The van der Waals surface area contributed by atoms with Crippen LogP contribution in [0.1, 0.15) is 35.0 Å². The molecule has 2 aromatic carbocycles. The zero-order chi connectivity index (χ0) is 22.7. The van der Waals surface area contributed by atoms with Gasteiger partial charge in [-0.2, -0.15) is 5.10 Å². The Morgan fingerprint density at radius 2 is 2.00 bits per heavy atom. The number of hydrogen-bond donors (Lipinski definition) is 2. The van der Waals surface area contributed by atoms with Crippen LogP contribution in [0.3, 0.4) is 0 Å². The fourth-order valence-corrected chi connectivity index (χ4v) is 3.55. The molecule has 0 saturated heterocycles. The molecule has 0 atom stereocenters. The number of ether oxygens (including phenoxy) is 1. The van der Waals surface area contributed by atoms with Crippen LogP contribution in [-0.4, -0.2) is 27.9 Å². The van der Waals surface area contributed by atoms with Crippen LogP contribution in [0.15, 0.2) is 36.4 Å². The number of carbonyl (C=O) groups is 1. The van der Waals surface area contributed by atoms with Gasteiger partial charge in [0.1, 0.15) is 12.4 Å². The summed E-state index contributed by atoms with van der Waals surface area (Å²) in [6, 6.07) is 10.9. The average molecular weight is 442 g/mol. The Balaban J connectivity index is 1.84. The Bertz CT molecular complexity index is 1110. The van der Waals surface area contributed by atoms with Gasteiger partial charge in [0.25, 0.3) is 0 Å². The highest BCUT2D eigenvalue weighted by Gasteiger charge is 2.15. The molecule has 3 N–H and O–H groups in total. The van der Waals surface area contributed by atoms with Crippen molar-refractivity contribution in [3.63, 3.8) is 0 Å². The van der Waals surface area contributed by atoms with Crippen molar-refractivity contribution in [1.82, 2.24) is 14.8 Å². The molecule has 0 aliphatic carbocycles. The summed E-state index contributed by atoms with van der Waals surface area (Å²) in [5, 5.41) is 8.89. The van der Waals surface area contributed by atoms with E-state index in [1.807, 2.05) is 54.9 Å². The van der Waals surface area contributed by atoms with E-state index < -0.39 is 6.03 Å². The standard InChI is InChI=1S/C23H28ClN5O2/c1-6-17-8-7-9-21(26-23(30)28(5)25)19(17)13-31-22-11-10-18(12-20(22)24)29-16(4)14(2)15(3)27-29/h7-12H,6,13,25H2,1-5H3,(H,26,30). The SMILES string of the molecule is CCc1cccc(NC(=O)N(C)N)c1COc1ccc(-n2nc(C)c(C)c2C)cc1Cl. The Morgan fingerprint density at radius 1 is 1.26 bits per heavy atom. The van der Waals surface area contributed by atoms with Crippen molar-refractivity contribution in [2.45, 2.75) is 40.7 Å². The van der Waals surface area contributed by atoms with Gasteiger partial charge in [-0.25, -0.2) is 15.3 Å². The van der Waals surface area contributed by atoms with Crippen LogP contribution in [-0.2, 0) is 13.0 Å². The number of nitrogens with zero attached hydrogens (tertiary/aromatic N) is 3. The Labute approximate surface area is 187 Å². The number of aryl methyl sites for hydroxylation is 2. The monoisotopic (exact) mass is 441 g/mol. The van der Waals surface area contributed by atoms with Gasteiger partial charge >= 0.3 is 6.03 Å². The lowest BCUT2D eigenvalue weighted by atomic mass is 10.0. The van der Waals surface area contributed by atoms with Gasteiger partial charge in [-0.1, -0.05) is 30.7 Å². The van der Waals surface area contributed by atoms with Crippen molar-refractivity contribution in [2.24, 2.45) is 5.84 Å². The molecule has 3 aromatic rings. The van der Waals surface area contributed by atoms with Gasteiger partial charge in [0.15, 0.2) is 0 Å². The first-order valence-electron chi connectivity index (χ1n) is 10.1. The average Bonchev–Trinajstić information content (AvgIpc) is 3.00. The molecule has 31 heavy (non-hydrogen) atoms. The van der Waals surface area contributed by atoms with Crippen LogP contribution in [0.5, 0.6) is 5.75 Å². The minimum Gasteiger partial charge on any atom is -0.487 e. The maximum absolute atomic E-state index is 12.0. The van der Waals surface area contributed by atoms with Gasteiger partial charge in [-0.3, -0.25) is 5.01 Å². The third-order valence-corrected chi connectivity index (χ3v) is 5.70. The number of rotatable bonds is 6. The molecule has 0 unspecified atom stereocenters. The van der Waals surface area contributed by atoms with Gasteiger partial charge < -0.3 is 10.1 Å². The number of aromatic nitrogens is 2. The summed E-state index contributed by atoms with van der Waals surface area (Å²) < 4.78 is 7.92. The minimum atomic E-state index is -0.405. The fourth-order valence-electron chi connectivity index (χ4n) is 3.32. The number of hydrogen-bond acceptors (Lipinski definition) is 4. The summed E-state index contributed by atoms with van der Waals surface area (Å²) in [5.74, 6) is 6.10. The third-order valence-electron chi connectivity index (χ3n) is 5.40. The first kappa shape index (κ1) is 22.7. The largest absolute Gasteiger partial charge is 0.487 e. The number of nitrogens with one attached hydrogen (secondary N) is 1. The van der Waals surface area contributed by atoms with Crippen molar-refractivity contribution in [2.75, 3.05) is 12.4 Å². The number of halogens is 1. The van der Waals surface area contributed by atoms with E-state index >= 15 is 0 Å². The molecule has 7 nitrogen and oxygen atoms in total. The molecule has 2 amide bonds. The molecule has 1 aromatic heterocycles. The number of benzene rings is 2. The van der Waals surface area contributed by atoms with Gasteiger partial charge in [-0.15, -0.1) is 0 Å². The van der Waals surface area contributed by atoms with Crippen molar-refractivity contribution < 1.29 is 9.53 Å². The molecule has 0 radical (unpaired) electrons. The van der Waals surface area contributed by atoms with Crippen molar-refractivity contribution in [3.8, 4) is 11.4 Å². The third kappa shape index (κ3) is 4.84. The van der Waals surface area contributed by atoms with E-state index in [9.17, 15) is 4.79 Å². The van der Waals surface area contributed by atoms with E-state index in [2.05, 4.69) is 24.3 Å². The zero-order valence-corrected chi connectivity index (χ0v) is 19.2. The van der Waals surface area contributed by atoms with E-state index in [0.717, 1.165) is 45.2 Å². The predicted octanol–water partition coefficient (Wildman–Crippen LogP) is 4.93. The molecule has 0 spiro atoms. The van der Waals surface area contributed by atoms with E-state index in [0.29, 0.717) is 16.5 Å². The summed E-state index contributed by atoms with van der Waals surface area (Å²) in [6.45, 7) is 8.38. The highest BCUT2D eigenvalue weighted by molar-refractivity contribution is 6.32. The topological polar surface area (TPSA) is 85.4 Å². The molecule has 8 heteroatoms. The lowest BCUT2D eigenvalue weighted by Gasteiger charge is -2.18. The first-order chi connectivity index (χ1) is 14.7. The summed E-state index contributed by atoms with van der Waals surface area (Å²) in [7, 11) is 1.49. The molecule has 0 aliphatic rings. The van der Waals surface area contributed by atoms with Gasteiger partial charge in [0.2, 0.25) is 0 Å². The van der Waals surface area contributed by atoms with Gasteiger partial charge in [-0.05, 0) is 62.6 Å². The number of amides is 2. The Kier molecular flexibility index (Phi) is 6.87. The summed E-state index contributed by atoms with van der Waals surface area (Å²) in [4.78, 5) is 12.0. The molecule has 3 rings (SSSR count). The van der Waals surface area contributed by atoms with Crippen LogP contribution >= 0.6 is 11.6 Å². The quantitative estimate of drug-likeness (QED) is 0.322. The predicted molar refractivity (Wildman–Crippen MR) is 124 cm³/mol. The normalized spacial score (nSPS) is 10.8. The van der Waals surface area contributed by atoms with Crippen molar-refractivity contribution >= 4 is 23.3 Å². The maximum Gasteiger partial charge on any atom is 0.335 e. The van der Waals surface area contributed by atoms with Crippen molar-refractivity contribution in [3.05, 3.63) is 69.5 Å². The second-order valence-corrected chi connectivity index (χ2v) is 7.86. The second-order valence-electron chi connectivity index (χ2n) is 7.45. The molecule has 0 fully saturated rings. The van der Waals surface area contributed by atoms with Gasteiger partial charge in [0, 0.05) is 24.0 Å². The Morgan fingerprint density at radius 3 is 2.58 bits per heavy atom. The lowest BCUT2D eigenvalue weighted by molar-refractivity contribution is 0.223. The fraction of sp³-hybridized carbons (Fsp3) is 0.304. The first-order valence-corrected chi connectivity index (χ1v) is 10.5. The summed E-state index contributed by atoms with van der Waals surface area (Å²) in [5.41, 5.74) is 6.71. The van der Waals surface area contributed by atoms with Crippen molar-refractivity contribution in [1.29, 1.82) is 0 Å². The van der Waals surface area contributed by atoms with E-state index in [1.54, 1.807) is 0 Å². The van der Waals surface area contributed by atoms with Crippen LogP contribution in [0.4, 0.5) is 10.5 Å². The molecule has 164 valence electrons. The molecular formula is C23H28ClN5O2. The number of anilines is 1. The van der Waals surface area contributed by atoms with Crippen LogP contribution in [0.25, 0.3) is 5.69 Å². The van der Waals surface area contributed by atoms with Crippen LogP contribution in [0, 0.1) is 20.8 Å². The molecule has 0 bridgehead atoms. The van der Waals surface area contributed by atoms with E-state index in [4.69, 9.17) is 22.2 Å². The molecular weight excluding hydrogens is 414 g/mol. The molecule has 0 aliphatic heterocycles. The van der Waals surface area contributed by atoms with E-state index in [1.165, 1.54) is 7.05 Å². The highest BCUT2D eigenvalue weighted by atomic mass is 35.5. The summed E-state index contributed by atoms with van der Waals surface area (Å²) in [6.07, 6.45) is 0.796. The number of carbonyl (C=O) groups excluding carboxylic acids is 1. The lowest BCUT2D eigenvalue weighted by Crippen LogP contribution is -2.37. The highest BCUT2D eigenvalue weighted by Crippen LogP contribution is 2.30. The number of hydrazine groups is 1. The van der Waals surface area contributed by atoms with Gasteiger partial charge in [0.05, 0.1) is 16.4 Å². The maximum atomic E-state index is 12.0. The van der Waals surface area contributed by atoms with Crippen LogP contribution in [0.2, 0.25) is 5.02 Å². The summed E-state index contributed by atoms with van der Waals surface area (Å²) >= 11 is 6.52. The second kappa shape index (κ2) is 9.41. The smallest absolute Gasteiger partial charge is 0.335 e. The Hall–Kier alpha value is -3.03. The number of urea groups is 1. The zero-order valence-electron chi connectivity index (χ0n) is 18.5. The molecule has 0 saturated carbocycles.